The average Bonchev–Trinajstić information content (AvgIpc) is 2.60. The summed E-state index contributed by atoms with van der Waals surface area (Å²) in [7, 11) is 0. The van der Waals surface area contributed by atoms with Crippen LogP contribution in [-0.2, 0) is 6.42 Å². The number of hydrogen-bond donors (Lipinski definition) is 1. The largest absolute Gasteiger partial charge is 0.368 e. The summed E-state index contributed by atoms with van der Waals surface area (Å²) in [6.45, 7) is 2.01. The van der Waals surface area contributed by atoms with Gasteiger partial charge in [0, 0.05) is 6.42 Å². The van der Waals surface area contributed by atoms with Crippen molar-refractivity contribution in [3.05, 3.63) is 34.9 Å². The van der Waals surface area contributed by atoms with E-state index in [2.05, 4.69) is 10.1 Å². The van der Waals surface area contributed by atoms with Crippen molar-refractivity contribution in [1.29, 1.82) is 0 Å². The summed E-state index contributed by atoms with van der Waals surface area (Å²) < 4.78 is 14.9. The van der Waals surface area contributed by atoms with E-state index in [4.69, 9.17) is 17.3 Å². The van der Waals surface area contributed by atoms with E-state index < -0.39 is 5.82 Å². The summed E-state index contributed by atoms with van der Waals surface area (Å²) in [5.74, 6) is 0.252. The summed E-state index contributed by atoms with van der Waals surface area (Å²) in [5, 5.41) is 4.40. The maximum absolute atomic E-state index is 13.7. The molecule has 2 rings (SSSR count). The van der Waals surface area contributed by atoms with Crippen molar-refractivity contribution in [2.24, 2.45) is 0 Å². The van der Waals surface area contributed by atoms with E-state index in [0.29, 0.717) is 12.2 Å². The van der Waals surface area contributed by atoms with E-state index in [0.717, 1.165) is 6.42 Å². The van der Waals surface area contributed by atoms with Crippen molar-refractivity contribution in [3.63, 3.8) is 0 Å². The van der Waals surface area contributed by atoms with Gasteiger partial charge in [-0.1, -0.05) is 24.6 Å². The third-order valence-corrected chi connectivity index (χ3v) is 2.60. The Balaban J connectivity index is 2.52. The molecular weight excluding hydrogens is 243 g/mol. The van der Waals surface area contributed by atoms with Crippen molar-refractivity contribution < 1.29 is 4.39 Å². The molecule has 0 radical (unpaired) electrons. The minimum absolute atomic E-state index is 0.139. The van der Waals surface area contributed by atoms with Gasteiger partial charge in [-0.3, -0.25) is 0 Å². The number of rotatable bonds is 3. The van der Waals surface area contributed by atoms with Gasteiger partial charge >= 0.3 is 0 Å². The molecule has 0 atom stereocenters. The lowest BCUT2D eigenvalue weighted by Gasteiger charge is -2.05. The lowest BCUT2D eigenvalue weighted by atomic mass is 10.3. The molecule has 0 unspecified atom stereocenters. The second-order valence-electron chi connectivity index (χ2n) is 3.62. The number of anilines is 1. The molecule has 0 spiro atoms. The fourth-order valence-electron chi connectivity index (χ4n) is 1.55. The molecule has 2 N–H and O–H groups in total. The fraction of sp³-hybridized carbons (Fsp3) is 0.273. The first-order valence-electron chi connectivity index (χ1n) is 5.29. The lowest BCUT2D eigenvalue weighted by Crippen LogP contribution is -2.05. The van der Waals surface area contributed by atoms with Crippen LogP contribution in [0.4, 0.5) is 10.3 Å². The monoisotopic (exact) mass is 254 g/mol. The zero-order valence-electron chi connectivity index (χ0n) is 9.32. The third-order valence-electron chi connectivity index (χ3n) is 2.30. The van der Waals surface area contributed by atoms with Gasteiger partial charge in [-0.15, -0.1) is 5.10 Å². The summed E-state index contributed by atoms with van der Waals surface area (Å²) >= 11 is 5.94. The molecule has 1 heterocycles. The summed E-state index contributed by atoms with van der Waals surface area (Å²) in [6, 6.07) is 4.42. The van der Waals surface area contributed by atoms with Crippen LogP contribution in [0, 0.1) is 5.82 Å². The van der Waals surface area contributed by atoms with Gasteiger partial charge in [0.15, 0.2) is 11.6 Å². The predicted octanol–water partition coefficient (Wildman–Crippen LogP) is 2.59. The average molecular weight is 255 g/mol. The van der Waals surface area contributed by atoms with E-state index in [1.165, 1.54) is 16.8 Å². The van der Waals surface area contributed by atoms with Gasteiger partial charge in [-0.25, -0.2) is 4.39 Å². The van der Waals surface area contributed by atoms with Crippen LogP contribution in [0.5, 0.6) is 0 Å². The smallest absolute Gasteiger partial charge is 0.223 e. The number of hydrogen-bond acceptors (Lipinski definition) is 3. The molecular formula is C11H12ClFN4. The fourth-order valence-corrected chi connectivity index (χ4v) is 1.80. The van der Waals surface area contributed by atoms with Gasteiger partial charge in [-0.05, 0) is 18.6 Å². The zero-order chi connectivity index (χ0) is 12.4. The van der Waals surface area contributed by atoms with Crippen molar-refractivity contribution in [2.75, 3.05) is 5.73 Å². The minimum Gasteiger partial charge on any atom is -0.368 e. The van der Waals surface area contributed by atoms with E-state index in [9.17, 15) is 4.39 Å². The number of aryl methyl sites for hydroxylation is 1. The highest BCUT2D eigenvalue weighted by Crippen LogP contribution is 2.24. The normalized spacial score (nSPS) is 10.8. The second-order valence-corrected chi connectivity index (χ2v) is 4.03. The van der Waals surface area contributed by atoms with Crippen LogP contribution in [0.15, 0.2) is 18.2 Å². The minimum atomic E-state index is -0.475. The molecule has 0 aliphatic rings. The number of nitrogen functional groups attached to an aromatic ring is 1. The lowest BCUT2D eigenvalue weighted by molar-refractivity contribution is 0.610. The van der Waals surface area contributed by atoms with Crippen LogP contribution >= 0.6 is 11.6 Å². The number of nitrogens with two attached hydrogens (primary N) is 1. The second kappa shape index (κ2) is 4.71. The molecule has 2 aromatic rings. The molecule has 0 bridgehead atoms. The maximum atomic E-state index is 13.7. The standard InChI is InChI=1S/C11H12ClFN4/c1-2-4-9-15-11(14)17(16-9)10-7(12)5-3-6-8(10)13/h3,5-6H,2,4H2,1H3,(H2,14,15,16). The number of aromatic nitrogens is 3. The van der Waals surface area contributed by atoms with E-state index >= 15 is 0 Å². The van der Waals surface area contributed by atoms with Crippen LogP contribution in [-0.4, -0.2) is 14.8 Å². The molecule has 1 aromatic carbocycles. The summed E-state index contributed by atoms with van der Waals surface area (Å²) in [4.78, 5) is 4.06. The Kier molecular flexibility index (Phi) is 3.28. The zero-order valence-corrected chi connectivity index (χ0v) is 10.1. The molecule has 1 aromatic heterocycles. The number of halogens is 2. The highest BCUT2D eigenvalue weighted by Gasteiger charge is 2.15. The Morgan fingerprint density at radius 2 is 2.24 bits per heavy atom. The SMILES string of the molecule is CCCc1nc(N)n(-c2c(F)cccc2Cl)n1. The van der Waals surface area contributed by atoms with E-state index in [1.807, 2.05) is 6.92 Å². The Bertz CT molecular complexity index is 518. The van der Waals surface area contributed by atoms with Crippen molar-refractivity contribution in [3.8, 4) is 5.69 Å². The molecule has 6 heteroatoms. The third kappa shape index (κ3) is 2.24. The number of benzene rings is 1. The maximum Gasteiger partial charge on any atom is 0.223 e. The van der Waals surface area contributed by atoms with Gasteiger partial charge < -0.3 is 5.73 Å². The molecule has 0 aliphatic carbocycles. The van der Waals surface area contributed by atoms with Crippen molar-refractivity contribution >= 4 is 17.5 Å². The van der Waals surface area contributed by atoms with Crippen LogP contribution in [0.25, 0.3) is 5.69 Å². The Labute approximate surface area is 103 Å². The number of para-hydroxylation sites is 1. The summed E-state index contributed by atoms with van der Waals surface area (Å²) in [6.07, 6.45) is 1.59. The van der Waals surface area contributed by atoms with Gasteiger partial charge in [0.1, 0.15) is 5.69 Å². The van der Waals surface area contributed by atoms with Crippen LogP contribution in [0.3, 0.4) is 0 Å². The first-order chi connectivity index (χ1) is 8.13. The topological polar surface area (TPSA) is 56.7 Å². The first kappa shape index (κ1) is 11.9. The Hall–Kier alpha value is -1.62. The van der Waals surface area contributed by atoms with E-state index in [-0.39, 0.29) is 16.7 Å². The van der Waals surface area contributed by atoms with Gasteiger partial charge in [-0.2, -0.15) is 9.67 Å². The molecule has 0 aliphatic heterocycles. The predicted molar refractivity (Wildman–Crippen MR) is 64.7 cm³/mol. The van der Waals surface area contributed by atoms with Crippen LogP contribution in [0.1, 0.15) is 19.2 Å². The molecule has 0 saturated heterocycles. The quantitative estimate of drug-likeness (QED) is 0.916. The first-order valence-corrected chi connectivity index (χ1v) is 5.67. The van der Waals surface area contributed by atoms with Gasteiger partial charge in [0.2, 0.25) is 5.95 Å². The highest BCUT2D eigenvalue weighted by molar-refractivity contribution is 6.32. The Morgan fingerprint density at radius 3 is 2.88 bits per heavy atom. The molecule has 0 saturated carbocycles. The summed E-state index contributed by atoms with van der Waals surface area (Å²) in [5.41, 5.74) is 5.85. The molecule has 90 valence electrons. The highest BCUT2D eigenvalue weighted by atomic mass is 35.5. The van der Waals surface area contributed by atoms with Crippen LogP contribution in [0.2, 0.25) is 5.02 Å². The number of nitrogens with zero attached hydrogens (tertiary/aromatic N) is 3. The van der Waals surface area contributed by atoms with Gasteiger partial charge in [0.05, 0.1) is 5.02 Å². The van der Waals surface area contributed by atoms with Gasteiger partial charge in [0.25, 0.3) is 0 Å². The molecule has 17 heavy (non-hydrogen) atoms. The molecule has 0 amide bonds. The van der Waals surface area contributed by atoms with Crippen molar-refractivity contribution in [1.82, 2.24) is 14.8 Å². The van der Waals surface area contributed by atoms with E-state index in [1.54, 1.807) is 6.07 Å². The van der Waals surface area contributed by atoms with Crippen molar-refractivity contribution in [2.45, 2.75) is 19.8 Å². The van der Waals surface area contributed by atoms with Crippen LogP contribution < -0.4 is 5.73 Å². The molecule has 0 fully saturated rings. The Morgan fingerprint density at radius 1 is 1.47 bits per heavy atom. The molecule has 4 nitrogen and oxygen atoms in total.